The lowest BCUT2D eigenvalue weighted by Crippen LogP contribution is -2.38. The minimum absolute atomic E-state index is 0. The van der Waals surface area contributed by atoms with E-state index in [1.165, 1.54) is 58.1 Å². The highest BCUT2D eigenvalue weighted by atomic mass is 32.1. The minimum atomic E-state index is -3.04. The van der Waals surface area contributed by atoms with Crippen molar-refractivity contribution in [2.24, 2.45) is 5.92 Å². The van der Waals surface area contributed by atoms with Gasteiger partial charge in [-0.15, -0.1) is 34.0 Å². The maximum atomic E-state index is 14.8. The molecule has 12 aromatic heterocycles. The Bertz CT molecular complexity index is 6080. The normalized spacial score (nSPS) is 16.8. The van der Waals surface area contributed by atoms with Crippen molar-refractivity contribution < 1.29 is 125 Å². The summed E-state index contributed by atoms with van der Waals surface area (Å²) in [6.07, 6.45) is 23.1. The zero-order valence-corrected chi connectivity index (χ0v) is 75.4. The van der Waals surface area contributed by atoms with E-state index in [-0.39, 0.29) is 123 Å². The van der Waals surface area contributed by atoms with E-state index >= 15 is 0 Å². The molecule has 3 fully saturated rings. The van der Waals surface area contributed by atoms with E-state index in [9.17, 15) is 65.0 Å². The molecule has 3 amide bonds. The number of phenolic OH excluding ortho intramolecular Hbond substituents is 1. The van der Waals surface area contributed by atoms with Gasteiger partial charge in [-0.05, 0) is 164 Å². The highest BCUT2D eigenvalue weighted by Gasteiger charge is 2.36. The van der Waals surface area contributed by atoms with Gasteiger partial charge in [0, 0.05) is 103 Å². The second kappa shape index (κ2) is 47.2. The molecule has 3 saturated carbocycles. The number of benzene rings is 1. The van der Waals surface area contributed by atoms with Crippen LogP contribution in [0.5, 0.6) is 11.5 Å². The number of carboxylic acids is 2. The van der Waals surface area contributed by atoms with Crippen LogP contribution in [0, 0.1) is 41.2 Å². The second-order valence-corrected chi connectivity index (χ2v) is 33.1. The predicted octanol–water partition coefficient (Wildman–Crippen LogP) is 14.7. The molecule has 0 radical (unpaired) electrons. The third-order valence-corrected chi connectivity index (χ3v) is 23.7. The van der Waals surface area contributed by atoms with Crippen molar-refractivity contribution in [3.05, 3.63) is 184 Å². The van der Waals surface area contributed by atoms with Gasteiger partial charge in [0.15, 0.2) is 24.2 Å². The van der Waals surface area contributed by atoms with Crippen LogP contribution < -0.4 is 20.8 Å². The van der Waals surface area contributed by atoms with Crippen LogP contribution in [0.4, 0.5) is 43.4 Å². The number of nitrogens with zero attached hydrogens (tertiary/aromatic N) is 16. The number of phenols is 2. The number of carboxylic acid groups (broad SMARTS) is 2. The third-order valence-electron chi connectivity index (χ3n) is 20.9. The molecule has 13 aromatic rings. The number of rotatable bonds is 29. The van der Waals surface area contributed by atoms with Gasteiger partial charge in [-0.1, -0.05) is 0 Å². The molecule has 0 aliphatic heterocycles. The summed E-state index contributed by atoms with van der Waals surface area (Å²) < 4.78 is 131. The van der Waals surface area contributed by atoms with Crippen molar-refractivity contribution in [2.75, 3.05) is 35.8 Å². The number of hydrogen-bond donors (Lipinski definition) is 10. The number of nitrogens with one attached hydrogen (secondary N) is 5. The number of ether oxygens (including phenoxy) is 5. The van der Waals surface area contributed by atoms with E-state index in [1.54, 1.807) is 68.2 Å². The molecule has 135 heavy (non-hydrogen) atoms. The largest absolute Gasteiger partial charge is 0.565 e. The number of thiazole rings is 3. The van der Waals surface area contributed by atoms with Crippen molar-refractivity contribution in [3.8, 4) is 77.4 Å². The summed E-state index contributed by atoms with van der Waals surface area (Å²) in [5.41, 5.74) is 1.90. The van der Waals surface area contributed by atoms with Crippen LogP contribution in [0.1, 0.15) is 173 Å². The quantitative estimate of drug-likeness (QED) is 0.00396. The molecule has 41 nitrogen and oxygen atoms in total. The molecule has 3 unspecified atom stereocenters. The third kappa shape index (κ3) is 26.8. The van der Waals surface area contributed by atoms with Crippen LogP contribution in [-0.2, 0) is 54.0 Å². The number of halogens is 6. The number of aliphatic carboxylic acids is 1. The number of aromatic nitrogens is 18. The number of anilines is 3. The average molecular weight is 1950 g/mol. The maximum Gasteiger partial charge on any atom is 0.521 e. The van der Waals surface area contributed by atoms with E-state index < -0.39 is 104 Å². The maximum absolute atomic E-state index is 14.8. The number of carbonyl (C=O) groups is 7. The molecule has 3 aliphatic carbocycles. The number of amides is 3. The Labute approximate surface area is 775 Å². The van der Waals surface area contributed by atoms with Crippen LogP contribution in [0.3, 0.4) is 0 Å². The first-order valence-electron chi connectivity index (χ1n) is 41.5. The van der Waals surface area contributed by atoms with Gasteiger partial charge in [0.1, 0.15) is 89.2 Å². The number of H-pyrrole nitrogens is 2. The molecule has 51 heteroatoms. The van der Waals surface area contributed by atoms with Gasteiger partial charge in [-0.3, -0.25) is 48.2 Å². The molecule has 16 rings (SSSR count). The summed E-state index contributed by atoms with van der Waals surface area (Å²) in [5.74, 6) is -12.9. The Balaban J connectivity index is 0.000000183. The lowest BCUT2D eigenvalue weighted by molar-refractivity contribution is -0.244. The molecule has 1 aromatic carbocycles. The lowest BCUT2D eigenvalue weighted by atomic mass is 9.93. The molecule has 0 bridgehead atoms. The van der Waals surface area contributed by atoms with Crippen LogP contribution >= 0.6 is 42.3 Å². The van der Waals surface area contributed by atoms with Crippen LogP contribution in [0.2, 0.25) is 0 Å². The summed E-state index contributed by atoms with van der Waals surface area (Å²) in [6.45, 7) is 9.67. The van der Waals surface area contributed by atoms with Gasteiger partial charge in [0.05, 0.1) is 72.1 Å². The predicted molar refractivity (Wildman–Crippen MR) is 470 cm³/mol. The van der Waals surface area contributed by atoms with E-state index in [4.69, 9.17) is 53.7 Å². The summed E-state index contributed by atoms with van der Waals surface area (Å²) >= 11 is 3.72. The Morgan fingerprint density at radius 3 is 1.22 bits per heavy atom. The molecule has 3 aliphatic rings. The van der Waals surface area contributed by atoms with E-state index in [0.29, 0.717) is 40.4 Å². The molecule has 714 valence electrons. The number of pyridine rings is 3. The van der Waals surface area contributed by atoms with E-state index in [1.807, 2.05) is 20.8 Å². The summed E-state index contributed by atoms with van der Waals surface area (Å²) in [5, 5.41) is 87.9. The number of esters is 2. The standard InChI is InChI=1S/C31H33F2N7O8S.2C23H23F2N7O2S.C7H6O4.HO4P.H2/c1-4-46-20-7-5-19(6-8-20)40-13-22(26(38-40)25-21(32)9-10-24(33)37-25)35-28(42)23-14-49-29(36-23)18-11-34-39(12-18)15-47-31(45)27(48-17(3)41)16(2)30(43)44;2*1-2-34-15-5-3-14(4-6-15)32-11-17(21(31-32)20-16(24)7-8-19(25)30-20)28-22(33)18-12-35-23(29-18)13-9-26-27-10-13;8-4-1-2-6(9)5(3-4)7(10)11;1-4-5(2)3;/h9-14,16,19-20,27H,4-8,15H2,1-3H3,(H,35,42)(H,43,44);2*7-12,14-15H,2-6H2,1H3,(H,26,27)(H,28,33);1-3,8-9H,(H,10,11);1H;1H. The van der Waals surface area contributed by atoms with Gasteiger partial charge in [0.2, 0.25) is 23.9 Å². The topological polar surface area (TPSA) is 558 Å². The Morgan fingerprint density at radius 1 is 0.533 bits per heavy atom. The Morgan fingerprint density at radius 2 is 0.904 bits per heavy atom. The molecule has 0 spiro atoms. The molecular formula is C84H88F6N21O20PS3. The minimum Gasteiger partial charge on any atom is -0.565 e. The first kappa shape index (κ1) is 100. The van der Waals surface area contributed by atoms with E-state index in [0.717, 1.165) is 155 Å². The average Bonchev–Trinajstić information content (AvgIpc) is 1.65. The Kier molecular flexibility index (Phi) is 35.0. The van der Waals surface area contributed by atoms with E-state index in [2.05, 4.69) is 91.3 Å². The smallest absolute Gasteiger partial charge is 0.521 e. The number of carbonyl (C=O) groups excluding carboxylic acids is 5. The van der Waals surface area contributed by atoms with Crippen molar-refractivity contribution in [2.45, 2.75) is 161 Å². The second-order valence-electron chi connectivity index (χ2n) is 29.9. The van der Waals surface area contributed by atoms with Crippen LogP contribution in [0.15, 0.2) is 127 Å². The van der Waals surface area contributed by atoms with Crippen molar-refractivity contribution in [1.82, 2.24) is 89.4 Å². The molecule has 0 saturated heterocycles. The zero-order chi connectivity index (χ0) is 96.7. The fraction of sp³-hybridized carbons (Fsp3) is 0.345. The first-order chi connectivity index (χ1) is 64.8. The summed E-state index contributed by atoms with van der Waals surface area (Å²) in [7, 11) is -3.04. The molecule has 3 atom stereocenters. The van der Waals surface area contributed by atoms with Crippen LogP contribution in [0.25, 0.3) is 65.9 Å². The monoisotopic (exact) mass is 1950 g/mol. The lowest BCUT2D eigenvalue weighted by Gasteiger charge is -2.28. The number of aromatic amines is 2. The van der Waals surface area contributed by atoms with Crippen molar-refractivity contribution in [3.63, 3.8) is 0 Å². The number of aromatic hydroxyl groups is 2. The Hall–Kier alpha value is -13.9. The number of aromatic carboxylic acids is 1. The summed E-state index contributed by atoms with van der Waals surface area (Å²) in [6, 6.07) is 9.06. The fourth-order valence-corrected chi connectivity index (χ4v) is 16.7. The van der Waals surface area contributed by atoms with Crippen molar-refractivity contribution >= 4 is 101 Å². The van der Waals surface area contributed by atoms with Gasteiger partial charge < -0.3 is 65.0 Å². The highest BCUT2D eigenvalue weighted by molar-refractivity contribution is 7.30. The van der Waals surface area contributed by atoms with Crippen molar-refractivity contribution in [1.29, 1.82) is 0 Å². The van der Waals surface area contributed by atoms with Gasteiger partial charge in [-0.25, -0.2) is 62.6 Å². The van der Waals surface area contributed by atoms with Gasteiger partial charge in [-0.2, -0.15) is 43.8 Å². The zero-order valence-electron chi connectivity index (χ0n) is 72.0. The molecular weight excluding hydrogens is 1860 g/mol. The first-order valence-corrected chi connectivity index (χ1v) is 45.3. The van der Waals surface area contributed by atoms with Crippen LogP contribution in [-0.4, -0.2) is 201 Å². The summed E-state index contributed by atoms with van der Waals surface area (Å²) in [4.78, 5) is 118. The fourth-order valence-electron chi connectivity index (χ4n) is 14.4. The highest BCUT2D eigenvalue weighted by Crippen LogP contribution is 2.40. The van der Waals surface area contributed by atoms with Gasteiger partial charge in [0.25, 0.3) is 17.7 Å². The number of hydrogen-bond acceptors (Lipinski definition) is 33. The molecule has 10 N–H and O–H groups in total. The molecule has 12 heterocycles. The SMILES string of the molecule is CCOC1CCC(n2cc(NC(=O)c3csc(-c4cn[nH]c4)n3)c(-c3nc(F)ccc3F)n2)CC1.CCOC1CCC(n2cc(NC(=O)c3csc(-c4cn[nH]c4)n3)c(-c3nc(F)ccc3F)n2)CC1.CCOC1CCC(n2cc(NC(=O)c3csc(-c4cnn(COC(=O)C(OC(C)=O)C(C)C(=O)O)c4)n3)c(-c3nc(F)ccc3F)n2)CC1.O=C(O)c1cc(O)ccc1O.O=[P+]([O-])OO.[HH]. The van der Waals surface area contributed by atoms with Gasteiger partial charge >= 0.3 is 32.1 Å².